The Hall–Kier alpha value is -1.13. The van der Waals surface area contributed by atoms with Crippen molar-refractivity contribution in [3.63, 3.8) is 0 Å². The number of likely N-dealkylation sites (N-methyl/N-ethyl adjacent to an activating group) is 1. The Bertz CT molecular complexity index is 414. The molecule has 3 nitrogen and oxygen atoms in total. The SMILES string of the molecule is CCCNCc1cc(F)cc(N2CCN(CC)CC2)c1. The van der Waals surface area contributed by atoms with Gasteiger partial charge in [0.25, 0.3) is 0 Å². The smallest absolute Gasteiger partial charge is 0.125 e. The number of hydrogen-bond acceptors (Lipinski definition) is 3. The van der Waals surface area contributed by atoms with E-state index in [1.165, 1.54) is 0 Å². The van der Waals surface area contributed by atoms with Crippen LogP contribution in [0.2, 0.25) is 0 Å². The average molecular weight is 279 g/mol. The van der Waals surface area contributed by atoms with E-state index in [0.717, 1.165) is 63.5 Å². The van der Waals surface area contributed by atoms with E-state index in [1.807, 2.05) is 0 Å². The highest BCUT2D eigenvalue weighted by Gasteiger charge is 2.16. The van der Waals surface area contributed by atoms with E-state index in [4.69, 9.17) is 0 Å². The summed E-state index contributed by atoms with van der Waals surface area (Å²) in [6, 6.07) is 5.41. The molecule has 0 amide bonds. The average Bonchev–Trinajstić information content (AvgIpc) is 2.47. The van der Waals surface area contributed by atoms with Crippen molar-refractivity contribution in [1.29, 1.82) is 0 Å². The molecule has 0 unspecified atom stereocenters. The number of rotatable bonds is 6. The van der Waals surface area contributed by atoms with E-state index in [1.54, 1.807) is 12.1 Å². The zero-order valence-electron chi connectivity index (χ0n) is 12.7. The molecule has 1 aromatic rings. The molecule has 4 heteroatoms. The Kier molecular flexibility index (Phi) is 5.80. The maximum absolute atomic E-state index is 13.8. The fourth-order valence-corrected chi connectivity index (χ4v) is 2.65. The van der Waals surface area contributed by atoms with Gasteiger partial charge in [0.05, 0.1) is 0 Å². The van der Waals surface area contributed by atoms with Crippen molar-refractivity contribution in [2.45, 2.75) is 26.8 Å². The molecule has 1 heterocycles. The Morgan fingerprint density at radius 3 is 2.50 bits per heavy atom. The minimum Gasteiger partial charge on any atom is -0.369 e. The van der Waals surface area contributed by atoms with Gasteiger partial charge in [-0.2, -0.15) is 0 Å². The monoisotopic (exact) mass is 279 g/mol. The normalized spacial score (nSPS) is 16.6. The molecule has 1 aromatic carbocycles. The number of nitrogens with zero attached hydrogens (tertiary/aromatic N) is 2. The van der Waals surface area contributed by atoms with Crippen LogP contribution in [0.3, 0.4) is 0 Å². The van der Waals surface area contributed by atoms with Crippen LogP contribution in [-0.2, 0) is 6.54 Å². The van der Waals surface area contributed by atoms with Gasteiger partial charge in [-0.15, -0.1) is 0 Å². The topological polar surface area (TPSA) is 18.5 Å². The van der Waals surface area contributed by atoms with Gasteiger partial charge in [-0.05, 0) is 43.3 Å². The van der Waals surface area contributed by atoms with Crippen molar-refractivity contribution >= 4 is 5.69 Å². The summed E-state index contributed by atoms with van der Waals surface area (Å²) in [5.74, 6) is -0.131. The minimum atomic E-state index is -0.131. The van der Waals surface area contributed by atoms with E-state index < -0.39 is 0 Å². The summed E-state index contributed by atoms with van der Waals surface area (Å²) < 4.78 is 13.8. The Morgan fingerprint density at radius 2 is 1.85 bits per heavy atom. The Morgan fingerprint density at radius 1 is 1.10 bits per heavy atom. The fraction of sp³-hybridized carbons (Fsp3) is 0.625. The lowest BCUT2D eigenvalue weighted by molar-refractivity contribution is 0.271. The maximum Gasteiger partial charge on any atom is 0.125 e. The number of benzene rings is 1. The molecule has 0 bridgehead atoms. The first-order valence-corrected chi connectivity index (χ1v) is 7.70. The first kappa shape index (κ1) is 15.3. The summed E-state index contributed by atoms with van der Waals surface area (Å²) in [6.07, 6.45) is 1.10. The zero-order chi connectivity index (χ0) is 14.4. The van der Waals surface area contributed by atoms with Gasteiger partial charge in [-0.3, -0.25) is 0 Å². The first-order valence-electron chi connectivity index (χ1n) is 7.70. The molecule has 1 aliphatic rings. The van der Waals surface area contributed by atoms with Crippen LogP contribution < -0.4 is 10.2 Å². The van der Waals surface area contributed by atoms with Crippen LogP contribution in [0.5, 0.6) is 0 Å². The van der Waals surface area contributed by atoms with Crippen LogP contribution in [0.15, 0.2) is 18.2 Å². The minimum absolute atomic E-state index is 0.131. The molecule has 0 aliphatic carbocycles. The molecule has 1 N–H and O–H groups in total. The van der Waals surface area contributed by atoms with Crippen LogP contribution in [0, 0.1) is 5.82 Å². The largest absolute Gasteiger partial charge is 0.369 e. The molecular formula is C16H26FN3. The van der Waals surface area contributed by atoms with Crippen LogP contribution in [0.25, 0.3) is 0 Å². The highest BCUT2D eigenvalue weighted by Crippen LogP contribution is 2.20. The molecule has 20 heavy (non-hydrogen) atoms. The van der Waals surface area contributed by atoms with E-state index >= 15 is 0 Å². The van der Waals surface area contributed by atoms with E-state index in [2.05, 4.69) is 35.0 Å². The summed E-state index contributed by atoms with van der Waals surface area (Å²) in [4.78, 5) is 4.72. The second-order valence-electron chi connectivity index (χ2n) is 5.42. The lowest BCUT2D eigenvalue weighted by Gasteiger charge is -2.35. The molecule has 112 valence electrons. The number of hydrogen-bond donors (Lipinski definition) is 1. The summed E-state index contributed by atoms with van der Waals surface area (Å²) in [5, 5.41) is 3.33. The highest BCUT2D eigenvalue weighted by atomic mass is 19.1. The molecule has 2 rings (SSSR count). The van der Waals surface area contributed by atoms with Gasteiger partial charge in [-0.1, -0.05) is 13.8 Å². The van der Waals surface area contributed by atoms with E-state index in [0.29, 0.717) is 0 Å². The van der Waals surface area contributed by atoms with E-state index in [9.17, 15) is 4.39 Å². The maximum atomic E-state index is 13.8. The number of halogens is 1. The van der Waals surface area contributed by atoms with Crippen LogP contribution in [0.1, 0.15) is 25.8 Å². The van der Waals surface area contributed by atoms with Crippen molar-refractivity contribution in [3.05, 3.63) is 29.6 Å². The molecular weight excluding hydrogens is 253 g/mol. The van der Waals surface area contributed by atoms with Gasteiger partial charge in [-0.25, -0.2) is 4.39 Å². The standard InChI is InChI=1S/C16H26FN3/c1-3-5-18-13-14-10-15(17)12-16(11-14)20-8-6-19(4-2)7-9-20/h10-12,18H,3-9,13H2,1-2H3. The Labute approximate surface area is 121 Å². The van der Waals surface area contributed by atoms with Gasteiger partial charge < -0.3 is 15.1 Å². The van der Waals surface area contributed by atoms with Gasteiger partial charge in [0, 0.05) is 38.4 Å². The second-order valence-corrected chi connectivity index (χ2v) is 5.42. The third-order valence-corrected chi connectivity index (χ3v) is 3.88. The van der Waals surface area contributed by atoms with Crippen LogP contribution in [-0.4, -0.2) is 44.2 Å². The van der Waals surface area contributed by atoms with E-state index in [-0.39, 0.29) is 5.82 Å². The molecule has 0 saturated carbocycles. The predicted octanol–water partition coefficient (Wildman–Crippen LogP) is 2.47. The number of piperazine rings is 1. The second kappa shape index (κ2) is 7.60. The van der Waals surface area contributed by atoms with Gasteiger partial charge in [0.1, 0.15) is 5.82 Å². The summed E-state index contributed by atoms with van der Waals surface area (Å²) in [5.41, 5.74) is 2.06. The summed E-state index contributed by atoms with van der Waals surface area (Å²) >= 11 is 0. The molecule has 0 radical (unpaired) electrons. The predicted molar refractivity (Wildman–Crippen MR) is 82.7 cm³/mol. The summed E-state index contributed by atoms with van der Waals surface area (Å²) in [6.45, 7) is 11.2. The lowest BCUT2D eigenvalue weighted by Crippen LogP contribution is -2.46. The number of anilines is 1. The van der Waals surface area contributed by atoms with Gasteiger partial charge >= 0.3 is 0 Å². The molecule has 1 saturated heterocycles. The van der Waals surface area contributed by atoms with Crippen LogP contribution in [0.4, 0.5) is 10.1 Å². The fourth-order valence-electron chi connectivity index (χ4n) is 2.65. The number of nitrogens with one attached hydrogen (secondary N) is 1. The van der Waals surface area contributed by atoms with Crippen molar-refractivity contribution in [1.82, 2.24) is 10.2 Å². The molecule has 1 aliphatic heterocycles. The molecule has 0 atom stereocenters. The first-order chi connectivity index (χ1) is 9.72. The van der Waals surface area contributed by atoms with Crippen molar-refractivity contribution in [2.24, 2.45) is 0 Å². The molecule has 1 fully saturated rings. The third-order valence-electron chi connectivity index (χ3n) is 3.88. The van der Waals surface area contributed by atoms with Gasteiger partial charge in [0.15, 0.2) is 0 Å². The van der Waals surface area contributed by atoms with Crippen molar-refractivity contribution < 1.29 is 4.39 Å². The lowest BCUT2D eigenvalue weighted by atomic mass is 10.1. The van der Waals surface area contributed by atoms with Gasteiger partial charge in [0.2, 0.25) is 0 Å². The highest BCUT2D eigenvalue weighted by molar-refractivity contribution is 5.49. The van der Waals surface area contributed by atoms with Crippen molar-refractivity contribution in [3.8, 4) is 0 Å². The quantitative estimate of drug-likeness (QED) is 0.807. The molecule has 0 aromatic heterocycles. The molecule has 0 spiro atoms. The Balaban J connectivity index is 2.00. The van der Waals surface area contributed by atoms with Crippen LogP contribution >= 0.6 is 0 Å². The third kappa shape index (κ3) is 4.18. The summed E-state index contributed by atoms with van der Waals surface area (Å²) in [7, 11) is 0. The van der Waals surface area contributed by atoms with Crippen molar-refractivity contribution in [2.75, 3.05) is 44.2 Å². The zero-order valence-corrected chi connectivity index (χ0v) is 12.7.